The molecule has 1 aromatic rings. The van der Waals surface area contributed by atoms with Crippen LogP contribution >= 0.6 is 0 Å². The monoisotopic (exact) mass is 351 g/mol. The van der Waals surface area contributed by atoms with Crippen LogP contribution in [-0.4, -0.2) is 44.4 Å². The summed E-state index contributed by atoms with van der Waals surface area (Å²) in [6.07, 6.45) is 0.915. The number of hydrogen-bond acceptors (Lipinski definition) is 4. The van der Waals surface area contributed by atoms with Crippen molar-refractivity contribution in [1.82, 2.24) is 4.31 Å². The highest BCUT2D eigenvalue weighted by molar-refractivity contribution is 7.98. The minimum atomic E-state index is -3.83. The molecule has 0 N–H and O–H groups in total. The van der Waals surface area contributed by atoms with Gasteiger partial charge in [0.1, 0.15) is 16.9 Å². The SMILES string of the molecule is O=S1(=O)CC(S(=O)(=O)N2CCCC2c2cc(F)ccc2F)C1. The zero-order chi connectivity index (χ0) is 16.1. The number of hydrogen-bond donors (Lipinski definition) is 0. The van der Waals surface area contributed by atoms with Gasteiger partial charge in [-0.3, -0.25) is 0 Å². The molecule has 3 rings (SSSR count). The summed E-state index contributed by atoms with van der Waals surface area (Å²) in [6, 6.07) is 2.18. The fourth-order valence-electron chi connectivity index (χ4n) is 3.01. The summed E-state index contributed by atoms with van der Waals surface area (Å²) < 4.78 is 75.9. The Morgan fingerprint density at radius 2 is 1.86 bits per heavy atom. The number of rotatable bonds is 3. The van der Waals surface area contributed by atoms with Crippen molar-refractivity contribution in [2.75, 3.05) is 18.1 Å². The minimum Gasteiger partial charge on any atom is -0.229 e. The Morgan fingerprint density at radius 3 is 2.50 bits per heavy atom. The highest BCUT2D eigenvalue weighted by Gasteiger charge is 2.48. The molecule has 2 aliphatic heterocycles. The third-order valence-corrected chi connectivity index (χ3v) is 8.66. The molecule has 1 unspecified atom stereocenters. The van der Waals surface area contributed by atoms with Crippen molar-refractivity contribution in [3.05, 3.63) is 35.4 Å². The lowest BCUT2D eigenvalue weighted by Gasteiger charge is -2.33. The first-order valence-electron chi connectivity index (χ1n) is 6.87. The molecule has 2 heterocycles. The first-order chi connectivity index (χ1) is 10.2. The summed E-state index contributed by atoms with van der Waals surface area (Å²) in [7, 11) is -7.12. The molecular weight excluding hydrogens is 336 g/mol. The van der Waals surface area contributed by atoms with Crippen LogP contribution in [0, 0.1) is 11.6 Å². The van der Waals surface area contributed by atoms with Crippen molar-refractivity contribution in [2.24, 2.45) is 0 Å². The number of benzene rings is 1. The molecule has 0 radical (unpaired) electrons. The first kappa shape index (κ1) is 15.8. The molecule has 0 spiro atoms. The van der Waals surface area contributed by atoms with Gasteiger partial charge in [0.05, 0.1) is 17.5 Å². The molecule has 0 bridgehead atoms. The molecule has 0 saturated carbocycles. The maximum absolute atomic E-state index is 13.9. The third kappa shape index (κ3) is 2.65. The van der Waals surface area contributed by atoms with E-state index in [2.05, 4.69) is 0 Å². The van der Waals surface area contributed by atoms with Gasteiger partial charge in [0, 0.05) is 12.1 Å². The number of sulfone groups is 1. The van der Waals surface area contributed by atoms with Gasteiger partial charge in [0.25, 0.3) is 0 Å². The van der Waals surface area contributed by atoms with Crippen LogP contribution < -0.4 is 0 Å². The predicted molar refractivity (Wildman–Crippen MR) is 76.4 cm³/mol. The molecule has 0 aliphatic carbocycles. The number of sulfonamides is 1. The van der Waals surface area contributed by atoms with Crippen LogP contribution in [0.3, 0.4) is 0 Å². The van der Waals surface area contributed by atoms with Gasteiger partial charge in [-0.1, -0.05) is 0 Å². The normalized spacial score (nSPS) is 26.0. The van der Waals surface area contributed by atoms with E-state index in [-0.39, 0.29) is 12.1 Å². The second kappa shape index (κ2) is 5.24. The van der Waals surface area contributed by atoms with Crippen LogP contribution in [0.1, 0.15) is 24.4 Å². The maximum Gasteiger partial charge on any atom is 0.219 e. The Hall–Kier alpha value is -1.06. The van der Waals surface area contributed by atoms with E-state index in [1.807, 2.05) is 0 Å². The maximum atomic E-state index is 13.9. The number of nitrogens with zero attached hydrogens (tertiary/aromatic N) is 1. The molecule has 0 aromatic heterocycles. The van der Waals surface area contributed by atoms with Crippen LogP contribution in [0.25, 0.3) is 0 Å². The molecule has 5 nitrogen and oxygen atoms in total. The smallest absolute Gasteiger partial charge is 0.219 e. The van der Waals surface area contributed by atoms with Crippen LogP contribution in [0.5, 0.6) is 0 Å². The second-order valence-electron chi connectivity index (χ2n) is 5.68. The molecule has 1 atom stereocenters. The quantitative estimate of drug-likeness (QED) is 0.821. The Kier molecular flexibility index (Phi) is 3.77. The van der Waals surface area contributed by atoms with E-state index in [4.69, 9.17) is 0 Å². The predicted octanol–water partition coefficient (Wildman–Crippen LogP) is 1.23. The highest BCUT2D eigenvalue weighted by atomic mass is 32.2. The lowest BCUT2D eigenvalue weighted by molar-refractivity contribution is 0.379. The summed E-state index contributed by atoms with van der Waals surface area (Å²) >= 11 is 0. The summed E-state index contributed by atoms with van der Waals surface area (Å²) in [5.41, 5.74) is 0.00301. The summed E-state index contributed by atoms with van der Waals surface area (Å²) in [5, 5.41) is -0.977. The van der Waals surface area contributed by atoms with Crippen LogP contribution in [0.2, 0.25) is 0 Å². The minimum absolute atomic E-state index is 0.00301. The molecular formula is C13H15F2NO4S2. The Morgan fingerprint density at radius 1 is 1.18 bits per heavy atom. The molecule has 2 saturated heterocycles. The Bertz CT molecular complexity index is 795. The largest absolute Gasteiger partial charge is 0.229 e. The first-order valence-corrected chi connectivity index (χ1v) is 10.2. The lowest BCUT2D eigenvalue weighted by Crippen LogP contribution is -2.52. The van der Waals surface area contributed by atoms with Crippen molar-refractivity contribution in [1.29, 1.82) is 0 Å². The zero-order valence-corrected chi connectivity index (χ0v) is 13.2. The van der Waals surface area contributed by atoms with E-state index in [1.165, 1.54) is 0 Å². The van der Waals surface area contributed by atoms with Crippen molar-refractivity contribution in [2.45, 2.75) is 24.1 Å². The topological polar surface area (TPSA) is 71.5 Å². The Labute approximate surface area is 127 Å². The molecule has 22 heavy (non-hydrogen) atoms. The van der Waals surface area contributed by atoms with E-state index in [9.17, 15) is 25.6 Å². The van der Waals surface area contributed by atoms with Crippen molar-refractivity contribution in [3.63, 3.8) is 0 Å². The van der Waals surface area contributed by atoms with Gasteiger partial charge < -0.3 is 0 Å². The van der Waals surface area contributed by atoms with Crippen molar-refractivity contribution >= 4 is 19.9 Å². The molecule has 0 amide bonds. The Balaban J connectivity index is 1.92. The average molecular weight is 351 g/mol. The molecule has 9 heteroatoms. The fourth-order valence-corrected chi connectivity index (χ4v) is 8.00. The lowest BCUT2D eigenvalue weighted by atomic mass is 10.0. The van der Waals surface area contributed by atoms with Crippen molar-refractivity contribution in [3.8, 4) is 0 Å². The fraction of sp³-hybridized carbons (Fsp3) is 0.538. The van der Waals surface area contributed by atoms with E-state index >= 15 is 0 Å². The highest BCUT2D eigenvalue weighted by Crippen LogP contribution is 2.38. The van der Waals surface area contributed by atoms with Crippen LogP contribution in [0.4, 0.5) is 8.78 Å². The van der Waals surface area contributed by atoms with E-state index in [0.29, 0.717) is 12.8 Å². The van der Waals surface area contributed by atoms with E-state index < -0.39 is 54.3 Å². The van der Waals surface area contributed by atoms with Gasteiger partial charge in [0.15, 0.2) is 9.84 Å². The molecule has 122 valence electrons. The van der Waals surface area contributed by atoms with Crippen LogP contribution in [-0.2, 0) is 19.9 Å². The zero-order valence-electron chi connectivity index (χ0n) is 11.6. The van der Waals surface area contributed by atoms with E-state index in [1.54, 1.807) is 0 Å². The third-order valence-electron chi connectivity index (χ3n) is 4.15. The van der Waals surface area contributed by atoms with Gasteiger partial charge in [-0.2, -0.15) is 4.31 Å². The van der Waals surface area contributed by atoms with Crippen molar-refractivity contribution < 1.29 is 25.6 Å². The molecule has 2 fully saturated rings. The standard InChI is InChI=1S/C13H15F2NO4S2/c14-9-3-4-12(15)11(6-9)13-2-1-5-16(13)22(19,20)10-7-21(17,18)8-10/h3-4,6,10,13H,1-2,5,7-8H2. The van der Waals surface area contributed by atoms with E-state index in [0.717, 1.165) is 22.5 Å². The molecule has 1 aromatic carbocycles. The van der Waals surface area contributed by atoms with Crippen LogP contribution in [0.15, 0.2) is 18.2 Å². The number of halogens is 2. The van der Waals surface area contributed by atoms with Gasteiger partial charge in [-0.15, -0.1) is 0 Å². The average Bonchev–Trinajstić information content (AvgIpc) is 2.88. The molecule has 2 aliphatic rings. The van der Waals surface area contributed by atoms with Gasteiger partial charge in [0.2, 0.25) is 10.0 Å². The summed E-state index contributed by atoms with van der Waals surface area (Å²) in [5.74, 6) is -2.09. The summed E-state index contributed by atoms with van der Waals surface area (Å²) in [6.45, 7) is 0.194. The second-order valence-corrected chi connectivity index (χ2v) is 10.00. The van der Waals surface area contributed by atoms with Gasteiger partial charge >= 0.3 is 0 Å². The van der Waals surface area contributed by atoms with Gasteiger partial charge in [-0.25, -0.2) is 25.6 Å². The van der Waals surface area contributed by atoms with Gasteiger partial charge in [-0.05, 0) is 31.0 Å². The summed E-state index contributed by atoms with van der Waals surface area (Å²) in [4.78, 5) is 0.